The smallest absolute Gasteiger partial charge is 0.322 e. The summed E-state index contributed by atoms with van der Waals surface area (Å²) in [5.74, 6) is -0.299. The van der Waals surface area contributed by atoms with Crippen molar-refractivity contribution in [3.63, 3.8) is 0 Å². The van der Waals surface area contributed by atoms with E-state index >= 15 is 0 Å². The molecule has 4 aromatic rings. The molecule has 2 aromatic carbocycles. The summed E-state index contributed by atoms with van der Waals surface area (Å²) in [5, 5.41) is 2.86. The fraction of sp³-hybridized carbons (Fsp3) is 0.0909. The lowest BCUT2D eigenvalue weighted by Gasteiger charge is -2.24. The third-order valence-electron chi connectivity index (χ3n) is 5.10. The van der Waals surface area contributed by atoms with E-state index in [1.807, 2.05) is 65.3 Å². The zero-order chi connectivity index (χ0) is 19.1. The lowest BCUT2D eigenvalue weighted by Crippen LogP contribution is -2.29. The Labute approximate surface area is 161 Å². The van der Waals surface area contributed by atoms with E-state index in [0.29, 0.717) is 12.1 Å². The summed E-state index contributed by atoms with van der Waals surface area (Å²) < 4.78 is 16.7. The summed E-state index contributed by atoms with van der Waals surface area (Å²) in [7, 11) is 0. The van der Waals surface area contributed by atoms with Gasteiger partial charge in [-0.25, -0.2) is 14.2 Å². The highest BCUT2D eigenvalue weighted by atomic mass is 19.1. The second-order valence-electron chi connectivity index (χ2n) is 6.75. The predicted octanol–water partition coefficient (Wildman–Crippen LogP) is 4.41. The number of rotatable bonds is 3. The molecular weight excluding hydrogens is 355 g/mol. The average Bonchev–Trinajstić information content (AvgIpc) is 3.34. The largest absolute Gasteiger partial charge is 0.335 e. The molecule has 5 nitrogen and oxygen atoms in total. The molecule has 138 valence electrons. The summed E-state index contributed by atoms with van der Waals surface area (Å²) >= 11 is 0. The lowest BCUT2D eigenvalue weighted by molar-refractivity contribution is 0.251. The van der Waals surface area contributed by atoms with Crippen LogP contribution >= 0.6 is 0 Å². The molecule has 3 heterocycles. The van der Waals surface area contributed by atoms with Crippen molar-refractivity contribution >= 4 is 17.4 Å². The number of carbonyl (C=O) groups is 1. The van der Waals surface area contributed by atoms with Gasteiger partial charge in [0.2, 0.25) is 0 Å². The van der Waals surface area contributed by atoms with Crippen LogP contribution < -0.4 is 10.2 Å². The topological polar surface area (TPSA) is 49.6 Å². The zero-order valence-electron chi connectivity index (χ0n) is 14.9. The van der Waals surface area contributed by atoms with E-state index in [1.54, 1.807) is 17.2 Å². The van der Waals surface area contributed by atoms with E-state index in [0.717, 1.165) is 22.5 Å². The van der Waals surface area contributed by atoms with Crippen LogP contribution in [0.3, 0.4) is 0 Å². The molecular formula is C22H17FN4O. The fourth-order valence-electron chi connectivity index (χ4n) is 3.71. The summed E-state index contributed by atoms with van der Waals surface area (Å²) in [4.78, 5) is 18.4. The number of pyridine rings is 1. The molecule has 1 N–H and O–H groups in total. The quantitative estimate of drug-likeness (QED) is 0.579. The van der Waals surface area contributed by atoms with Crippen LogP contribution in [0.4, 0.5) is 14.9 Å². The van der Waals surface area contributed by atoms with Gasteiger partial charge in [-0.3, -0.25) is 4.90 Å². The van der Waals surface area contributed by atoms with E-state index in [9.17, 15) is 9.18 Å². The minimum atomic E-state index is -0.299. The van der Waals surface area contributed by atoms with Crippen LogP contribution in [0.5, 0.6) is 0 Å². The monoisotopic (exact) mass is 372 g/mol. The van der Waals surface area contributed by atoms with Crippen molar-refractivity contribution in [2.24, 2.45) is 0 Å². The van der Waals surface area contributed by atoms with Gasteiger partial charge in [0.1, 0.15) is 11.5 Å². The fourth-order valence-corrected chi connectivity index (χ4v) is 3.71. The number of hydrogen-bond donors (Lipinski definition) is 1. The van der Waals surface area contributed by atoms with Crippen molar-refractivity contribution in [3.8, 4) is 11.1 Å². The van der Waals surface area contributed by atoms with Gasteiger partial charge in [0.25, 0.3) is 0 Å². The minimum Gasteiger partial charge on any atom is -0.335 e. The van der Waals surface area contributed by atoms with Gasteiger partial charge in [-0.2, -0.15) is 0 Å². The van der Waals surface area contributed by atoms with E-state index < -0.39 is 0 Å². The Morgan fingerprint density at radius 2 is 1.89 bits per heavy atom. The maximum atomic E-state index is 14.8. The standard InChI is InChI=1S/C22H17FN4O/c23-19-12-16(6-7-18(19)15-4-2-1-3-5-15)20-14-25-22(28)27(20)17-8-10-26-11-9-24-21(26)13-17/h1-13,20H,14H2,(H,25,28). The number of nitrogens with one attached hydrogen (secondary N) is 1. The van der Waals surface area contributed by atoms with Crippen molar-refractivity contribution in [1.29, 1.82) is 0 Å². The number of imidazole rings is 1. The van der Waals surface area contributed by atoms with Crippen molar-refractivity contribution in [2.75, 3.05) is 11.4 Å². The van der Waals surface area contributed by atoms with Crippen molar-refractivity contribution in [2.45, 2.75) is 6.04 Å². The lowest BCUT2D eigenvalue weighted by atomic mass is 9.99. The molecule has 1 fully saturated rings. The van der Waals surface area contributed by atoms with Crippen molar-refractivity contribution < 1.29 is 9.18 Å². The van der Waals surface area contributed by atoms with Gasteiger partial charge in [0.15, 0.2) is 0 Å². The van der Waals surface area contributed by atoms with Gasteiger partial charge >= 0.3 is 6.03 Å². The SMILES string of the molecule is O=C1NCC(c2ccc(-c3ccccc3)c(F)c2)N1c1ccn2ccnc2c1. The Bertz CT molecular complexity index is 1170. The second-order valence-corrected chi connectivity index (χ2v) is 6.75. The molecule has 0 spiro atoms. The number of fused-ring (bicyclic) bond motifs is 1. The number of anilines is 1. The number of aromatic nitrogens is 2. The van der Waals surface area contributed by atoms with Crippen LogP contribution in [0.25, 0.3) is 16.8 Å². The Balaban J connectivity index is 1.52. The number of carbonyl (C=O) groups excluding carboxylic acids is 1. The summed E-state index contributed by atoms with van der Waals surface area (Å²) in [6.45, 7) is 0.419. The summed E-state index contributed by atoms with van der Waals surface area (Å²) in [6.07, 6.45) is 5.41. The maximum Gasteiger partial charge on any atom is 0.322 e. The van der Waals surface area contributed by atoms with Crippen LogP contribution in [-0.2, 0) is 0 Å². The summed E-state index contributed by atoms with van der Waals surface area (Å²) in [5.41, 5.74) is 3.60. The highest BCUT2D eigenvalue weighted by molar-refractivity contribution is 5.95. The number of benzene rings is 2. The molecule has 0 aliphatic carbocycles. The normalized spacial score (nSPS) is 16.5. The second kappa shape index (κ2) is 6.49. The van der Waals surface area contributed by atoms with Crippen molar-refractivity contribution in [1.82, 2.24) is 14.7 Å². The molecule has 1 unspecified atom stereocenters. The molecule has 0 bridgehead atoms. The first kappa shape index (κ1) is 16.5. The van der Waals surface area contributed by atoms with Gasteiger partial charge in [-0.1, -0.05) is 42.5 Å². The number of amides is 2. The average molecular weight is 372 g/mol. The van der Waals surface area contributed by atoms with E-state index in [2.05, 4.69) is 10.3 Å². The third-order valence-corrected chi connectivity index (χ3v) is 5.10. The Kier molecular flexibility index (Phi) is 3.83. The maximum absolute atomic E-state index is 14.8. The number of halogens is 1. The first-order valence-corrected chi connectivity index (χ1v) is 9.05. The molecule has 2 aromatic heterocycles. The van der Waals surface area contributed by atoms with Crippen LogP contribution in [0.1, 0.15) is 11.6 Å². The van der Waals surface area contributed by atoms with Crippen molar-refractivity contribution in [3.05, 3.63) is 90.6 Å². The van der Waals surface area contributed by atoms with Crippen LogP contribution in [0.2, 0.25) is 0 Å². The Hall–Kier alpha value is -3.67. The first-order chi connectivity index (χ1) is 13.7. The van der Waals surface area contributed by atoms with Crippen LogP contribution in [0.15, 0.2) is 79.3 Å². The number of urea groups is 1. The Morgan fingerprint density at radius 3 is 2.71 bits per heavy atom. The molecule has 28 heavy (non-hydrogen) atoms. The predicted molar refractivity (Wildman–Crippen MR) is 106 cm³/mol. The molecule has 1 aliphatic heterocycles. The molecule has 1 aliphatic rings. The van der Waals surface area contributed by atoms with Crippen LogP contribution in [0, 0.1) is 5.82 Å². The highest BCUT2D eigenvalue weighted by Crippen LogP contribution is 2.33. The molecule has 0 saturated carbocycles. The van der Waals surface area contributed by atoms with E-state index in [1.165, 1.54) is 6.07 Å². The van der Waals surface area contributed by atoms with E-state index in [-0.39, 0.29) is 17.9 Å². The van der Waals surface area contributed by atoms with Gasteiger partial charge < -0.3 is 9.72 Å². The van der Waals surface area contributed by atoms with E-state index in [4.69, 9.17) is 0 Å². The van der Waals surface area contributed by atoms with Gasteiger partial charge in [0.05, 0.1) is 11.7 Å². The van der Waals surface area contributed by atoms with Gasteiger partial charge in [-0.15, -0.1) is 0 Å². The highest BCUT2D eigenvalue weighted by Gasteiger charge is 2.33. The van der Waals surface area contributed by atoms with Crippen LogP contribution in [-0.4, -0.2) is 22.0 Å². The molecule has 0 radical (unpaired) electrons. The number of nitrogens with zero attached hydrogens (tertiary/aromatic N) is 3. The van der Waals surface area contributed by atoms with Gasteiger partial charge in [0, 0.05) is 36.8 Å². The molecule has 2 amide bonds. The first-order valence-electron chi connectivity index (χ1n) is 9.05. The zero-order valence-corrected chi connectivity index (χ0v) is 14.9. The molecule has 5 rings (SSSR count). The minimum absolute atomic E-state index is 0.201. The Morgan fingerprint density at radius 1 is 1.04 bits per heavy atom. The molecule has 1 saturated heterocycles. The van der Waals surface area contributed by atoms with Gasteiger partial charge in [-0.05, 0) is 23.3 Å². The summed E-state index contributed by atoms with van der Waals surface area (Å²) in [6, 6.07) is 17.8. The number of hydrogen-bond acceptors (Lipinski definition) is 2. The molecule has 6 heteroatoms. The third kappa shape index (κ3) is 2.70. The molecule has 1 atom stereocenters.